The highest BCUT2D eigenvalue weighted by atomic mass is 16.5. The van der Waals surface area contributed by atoms with Crippen LogP contribution < -0.4 is 4.74 Å². The summed E-state index contributed by atoms with van der Waals surface area (Å²) in [6, 6.07) is 7.73. The van der Waals surface area contributed by atoms with Gasteiger partial charge in [-0.1, -0.05) is 18.2 Å². The molecule has 0 radical (unpaired) electrons. The predicted molar refractivity (Wildman–Crippen MR) is 96.0 cm³/mol. The van der Waals surface area contributed by atoms with Gasteiger partial charge in [0.25, 0.3) is 5.91 Å². The lowest BCUT2D eigenvalue weighted by atomic mass is 10.1. The van der Waals surface area contributed by atoms with Crippen molar-refractivity contribution in [3.05, 3.63) is 48.0 Å². The van der Waals surface area contributed by atoms with E-state index >= 15 is 0 Å². The minimum Gasteiger partial charge on any atom is -0.491 e. The quantitative estimate of drug-likeness (QED) is 0.714. The maximum atomic E-state index is 12.6. The number of fused-ring (bicyclic) bond motifs is 1. The molecule has 2 atom stereocenters. The average molecular weight is 359 g/mol. The molecule has 1 amide bonds. The maximum absolute atomic E-state index is 12.6. The molecule has 7 heteroatoms. The van der Waals surface area contributed by atoms with Gasteiger partial charge in [0.1, 0.15) is 24.2 Å². The molecule has 7 nitrogen and oxygen atoms in total. The van der Waals surface area contributed by atoms with Gasteiger partial charge in [0.05, 0.1) is 18.6 Å². The number of aromatic amines is 1. The monoisotopic (exact) mass is 359 g/mol. The Labute approximate surface area is 152 Å². The summed E-state index contributed by atoms with van der Waals surface area (Å²) in [5, 5.41) is 20.4. The Hall–Kier alpha value is -2.38. The first-order chi connectivity index (χ1) is 12.6. The topological polar surface area (TPSA) is 98.7 Å². The van der Waals surface area contributed by atoms with Crippen molar-refractivity contribution in [3.8, 4) is 5.75 Å². The fraction of sp³-hybridized carbons (Fsp3) is 0.474. The lowest BCUT2D eigenvalue weighted by Gasteiger charge is -2.24. The molecular formula is C19H25N3O4. The number of aromatic nitrogens is 2. The highest BCUT2D eigenvalue weighted by Crippen LogP contribution is 2.21. The molecule has 0 saturated carbocycles. The first kappa shape index (κ1) is 18.4. The van der Waals surface area contributed by atoms with Crippen LogP contribution in [0, 0.1) is 0 Å². The number of nitrogens with zero attached hydrogens (tertiary/aromatic N) is 2. The van der Waals surface area contributed by atoms with E-state index in [9.17, 15) is 15.0 Å². The van der Waals surface area contributed by atoms with Crippen molar-refractivity contribution in [2.45, 2.75) is 37.9 Å². The Kier molecular flexibility index (Phi) is 6.25. The summed E-state index contributed by atoms with van der Waals surface area (Å²) in [5.41, 5.74) is 1.50. The molecule has 2 aromatic rings. The minimum atomic E-state index is -1.01. The molecule has 3 N–H and O–H groups in total. The first-order valence-corrected chi connectivity index (χ1v) is 8.99. The lowest BCUT2D eigenvalue weighted by molar-refractivity contribution is -0.0150. The van der Waals surface area contributed by atoms with Gasteiger partial charge >= 0.3 is 0 Å². The van der Waals surface area contributed by atoms with Gasteiger partial charge in [-0.15, -0.1) is 0 Å². The van der Waals surface area contributed by atoms with Crippen LogP contribution in [0.3, 0.4) is 0 Å². The number of carbonyl (C=O) groups excluding carboxylic acids is 1. The average Bonchev–Trinajstić information content (AvgIpc) is 3.19. The molecule has 0 fully saturated rings. The van der Waals surface area contributed by atoms with Gasteiger partial charge in [-0.2, -0.15) is 0 Å². The third-order valence-electron chi connectivity index (χ3n) is 4.66. The number of aryl methyl sites for hydroxylation is 1. The van der Waals surface area contributed by atoms with Crippen LogP contribution in [0.1, 0.15) is 35.3 Å². The number of carbonyl (C=O) groups is 1. The SMILES string of the molecule is O=C(c1cnc[nH]1)N1CCCCc2ccccc2OC[C@@H](O)[C@@H](O)CC1. The van der Waals surface area contributed by atoms with E-state index in [0.717, 1.165) is 30.6 Å². The van der Waals surface area contributed by atoms with Gasteiger partial charge in [-0.25, -0.2) is 4.98 Å². The van der Waals surface area contributed by atoms with Crippen LogP contribution >= 0.6 is 0 Å². The highest BCUT2D eigenvalue weighted by Gasteiger charge is 2.22. The highest BCUT2D eigenvalue weighted by molar-refractivity contribution is 5.92. The third kappa shape index (κ3) is 4.62. The maximum Gasteiger partial charge on any atom is 0.271 e. The second-order valence-corrected chi connectivity index (χ2v) is 6.56. The Bertz CT molecular complexity index is 705. The summed E-state index contributed by atoms with van der Waals surface area (Å²) in [5.74, 6) is 0.596. The van der Waals surface area contributed by atoms with Crippen LogP contribution in [0.25, 0.3) is 0 Å². The number of imidazole rings is 1. The zero-order valence-electron chi connectivity index (χ0n) is 14.7. The third-order valence-corrected chi connectivity index (χ3v) is 4.66. The molecule has 1 aliphatic rings. The molecule has 0 spiro atoms. The van der Waals surface area contributed by atoms with Crippen molar-refractivity contribution in [1.29, 1.82) is 0 Å². The summed E-state index contributed by atoms with van der Waals surface area (Å²) in [6.45, 7) is 0.972. The Balaban J connectivity index is 1.73. The molecule has 2 heterocycles. The molecule has 3 rings (SSSR count). The molecule has 1 aliphatic heterocycles. The van der Waals surface area contributed by atoms with Gasteiger partial charge in [-0.05, 0) is 37.3 Å². The van der Waals surface area contributed by atoms with Gasteiger partial charge < -0.3 is 24.8 Å². The lowest BCUT2D eigenvalue weighted by Crippen LogP contribution is -2.38. The van der Waals surface area contributed by atoms with Gasteiger partial charge in [0.2, 0.25) is 0 Å². The normalized spacial score (nSPS) is 22.3. The van der Waals surface area contributed by atoms with Gasteiger partial charge in [0.15, 0.2) is 0 Å². The smallest absolute Gasteiger partial charge is 0.271 e. The van der Waals surface area contributed by atoms with Crippen molar-refractivity contribution >= 4 is 5.91 Å². The van der Waals surface area contributed by atoms with Crippen molar-refractivity contribution in [1.82, 2.24) is 14.9 Å². The minimum absolute atomic E-state index is 0.0205. The molecule has 0 unspecified atom stereocenters. The predicted octanol–water partition coefficient (Wildman–Crippen LogP) is 1.38. The Morgan fingerprint density at radius 2 is 2.04 bits per heavy atom. The van der Waals surface area contributed by atoms with E-state index in [1.165, 1.54) is 12.5 Å². The van der Waals surface area contributed by atoms with Crippen LogP contribution in [-0.4, -0.2) is 62.9 Å². The van der Waals surface area contributed by atoms with E-state index in [1.807, 2.05) is 24.3 Å². The molecular weight excluding hydrogens is 334 g/mol. The summed E-state index contributed by atoms with van der Waals surface area (Å²) >= 11 is 0. The summed E-state index contributed by atoms with van der Waals surface area (Å²) in [6.07, 6.45) is 3.88. The second kappa shape index (κ2) is 8.82. The number of rotatable bonds is 1. The fourth-order valence-electron chi connectivity index (χ4n) is 3.09. The van der Waals surface area contributed by atoms with E-state index in [4.69, 9.17) is 4.74 Å². The summed E-state index contributed by atoms with van der Waals surface area (Å²) in [7, 11) is 0. The summed E-state index contributed by atoms with van der Waals surface area (Å²) in [4.78, 5) is 21.0. The van der Waals surface area contributed by atoms with Crippen LogP contribution in [0.2, 0.25) is 0 Å². The zero-order valence-corrected chi connectivity index (χ0v) is 14.7. The summed E-state index contributed by atoms with van der Waals surface area (Å²) < 4.78 is 5.71. The number of para-hydroxylation sites is 1. The number of aliphatic hydroxyl groups is 2. The number of amides is 1. The first-order valence-electron chi connectivity index (χ1n) is 8.99. The molecule has 1 aromatic carbocycles. The van der Waals surface area contributed by atoms with Crippen molar-refractivity contribution < 1.29 is 19.7 Å². The number of nitrogens with one attached hydrogen (secondary N) is 1. The van der Waals surface area contributed by atoms with E-state index < -0.39 is 12.2 Å². The van der Waals surface area contributed by atoms with E-state index in [0.29, 0.717) is 18.8 Å². The van der Waals surface area contributed by atoms with Crippen molar-refractivity contribution in [2.24, 2.45) is 0 Å². The number of ether oxygens (including phenoxy) is 1. The van der Waals surface area contributed by atoms with Crippen LogP contribution in [0.15, 0.2) is 36.8 Å². The Morgan fingerprint density at radius 1 is 1.19 bits per heavy atom. The van der Waals surface area contributed by atoms with E-state index in [1.54, 1.807) is 4.90 Å². The molecule has 140 valence electrons. The molecule has 0 aliphatic carbocycles. The number of hydrogen-bond donors (Lipinski definition) is 3. The fourth-order valence-corrected chi connectivity index (χ4v) is 3.09. The van der Waals surface area contributed by atoms with Crippen LogP contribution in [0.4, 0.5) is 0 Å². The number of hydrogen-bond acceptors (Lipinski definition) is 5. The molecule has 1 aromatic heterocycles. The van der Waals surface area contributed by atoms with Gasteiger partial charge in [0, 0.05) is 13.1 Å². The number of H-pyrrole nitrogens is 1. The Morgan fingerprint density at radius 3 is 2.85 bits per heavy atom. The molecule has 0 bridgehead atoms. The number of aliphatic hydroxyl groups excluding tert-OH is 2. The number of benzene rings is 1. The van der Waals surface area contributed by atoms with Crippen LogP contribution in [-0.2, 0) is 6.42 Å². The van der Waals surface area contributed by atoms with E-state index in [2.05, 4.69) is 9.97 Å². The molecule has 0 saturated heterocycles. The molecule has 26 heavy (non-hydrogen) atoms. The van der Waals surface area contributed by atoms with Crippen molar-refractivity contribution in [2.75, 3.05) is 19.7 Å². The van der Waals surface area contributed by atoms with Crippen molar-refractivity contribution in [3.63, 3.8) is 0 Å². The standard InChI is InChI=1S/C19H25N3O4/c23-16-8-10-22(19(25)15-11-20-13-21-15)9-4-3-6-14-5-1-2-7-18(14)26-12-17(16)24/h1-2,5,7,11,13,16-17,23-24H,3-4,6,8-10,12H2,(H,20,21)/t16-,17+/m0/s1. The van der Waals surface area contributed by atoms with Gasteiger partial charge in [-0.3, -0.25) is 4.79 Å². The zero-order chi connectivity index (χ0) is 18.4. The second-order valence-electron chi connectivity index (χ2n) is 6.56. The van der Waals surface area contributed by atoms with E-state index in [-0.39, 0.29) is 18.9 Å². The van der Waals surface area contributed by atoms with Crippen LogP contribution in [0.5, 0.6) is 5.75 Å². The largest absolute Gasteiger partial charge is 0.491 e.